The Kier molecular flexibility index (Phi) is 3.41. The van der Waals surface area contributed by atoms with E-state index in [-0.39, 0.29) is 5.91 Å². The van der Waals surface area contributed by atoms with E-state index in [0.717, 1.165) is 17.7 Å². The fraction of sp³-hybridized carbons (Fsp3) is 0.188. The predicted octanol–water partition coefficient (Wildman–Crippen LogP) is 3.25. The van der Waals surface area contributed by atoms with Gasteiger partial charge in [0.2, 0.25) is 5.91 Å². The molecule has 22 heavy (non-hydrogen) atoms. The van der Waals surface area contributed by atoms with Crippen LogP contribution >= 0.6 is 0 Å². The van der Waals surface area contributed by atoms with Crippen molar-refractivity contribution in [2.24, 2.45) is 5.73 Å². The molecule has 0 bridgehead atoms. The number of rotatable bonds is 1. The second kappa shape index (κ2) is 5.14. The van der Waals surface area contributed by atoms with Crippen LogP contribution in [0, 0.1) is 0 Å². The van der Waals surface area contributed by atoms with Crippen LogP contribution in [0.15, 0.2) is 48.5 Å². The van der Waals surface area contributed by atoms with Crippen LogP contribution in [-0.4, -0.2) is 11.9 Å². The van der Waals surface area contributed by atoms with E-state index in [2.05, 4.69) is 0 Å². The average molecular weight is 306 g/mol. The Morgan fingerprint density at radius 2 is 1.68 bits per heavy atom. The highest BCUT2D eigenvalue weighted by Crippen LogP contribution is 2.36. The largest absolute Gasteiger partial charge is 0.416 e. The fourth-order valence-corrected chi connectivity index (χ4v) is 2.58. The summed E-state index contributed by atoms with van der Waals surface area (Å²) in [6, 6.07) is 11.0. The summed E-state index contributed by atoms with van der Waals surface area (Å²) >= 11 is 0. The Bertz CT molecular complexity index is 710. The zero-order valence-corrected chi connectivity index (χ0v) is 11.5. The van der Waals surface area contributed by atoms with Crippen molar-refractivity contribution in [1.82, 2.24) is 0 Å². The first kappa shape index (κ1) is 14.6. The minimum Gasteiger partial charge on any atom is -0.320 e. The summed E-state index contributed by atoms with van der Waals surface area (Å²) in [6.07, 6.45) is -3.98. The Morgan fingerprint density at radius 1 is 1.05 bits per heavy atom. The number of halogens is 3. The maximum atomic E-state index is 12.6. The van der Waals surface area contributed by atoms with Gasteiger partial charge in [-0.3, -0.25) is 9.69 Å². The molecule has 0 fully saturated rings. The van der Waals surface area contributed by atoms with Crippen molar-refractivity contribution in [2.45, 2.75) is 18.6 Å². The van der Waals surface area contributed by atoms with Crippen LogP contribution in [0.3, 0.4) is 0 Å². The second-order valence-electron chi connectivity index (χ2n) is 5.16. The summed E-state index contributed by atoms with van der Waals surface area (Å²) in [4.78, 5) is 13.7. The number of para-hydroxylation sites is 1. The lowest BCUT2D eigenvalue weighted by molar-refractivity contribution is -0.137. The number of fused-ring (bicyclic) bond motifs is 1. The first-order chi connectivity index (χ1) is 10.4. The van der Waals surface area contributed by atoms with Gasteiger partial charge in [0.05, 0.1) is 17.3 Å². The van der Waals surface area contributed by atoms with Gasteiger partial charge in [-0.25, -0.2) is 0 Å². The van der Waals surface area contributed by atoms with Gasteiger partial charge < -0.3 is 5.73 Å². The first-order valence-corrected chi connectivity index (χ1v) is 6.72. The third-order valence-electron chi connectivity index (χ3n) is 3.66. The molecule has 0 aliphatic carbocycles. The van der Waals surface area contributed by atoms with Gasteiger partial charge in [-0.15, -0.1) is 0 Å². The van der Waals surface area contributed by atoms with Crippen LogP contribution < -0.4 is 10.6 Å². The molecule has 2 N–H and O–H groups in total. The molecular formula is C16H13F3N2O. The Hall–Kier alpha value is -2.34. The molecule has 0 saturated heterocycles. The van der Waals surface area contributed by atoms with Crippen molar-refractivity contribution in [2.75, 3.05) is 4.90 Å². The topological polar surface area (TPSA) is 46.3 Å². The van der Waals surface area contributed by atoms with E-state index < -0.39 is 17.8 Å². The molecule has 114 valence electrons. The van der Waals surface area contributed by atoms with E-state index in [9.17, 15) is 18.0 Å². The maximum Gasteiger partial charge on any atom is 0.416 e. The van der Waals surface area contributed by atoms with E-state index in [1.807, 2.05) is 12.1 Å². The first-order valence-electron chi connectivity index (χ1n) is 6.72. The minimum absolute atomic E-state index is 0.321. The summed E-state index contributed by atoms with van der Waals surface area (Å²) in [5.74, 6) is -0.321. The van der Waals surface area contributed by atoms with Crippen molar-refractivity contribution < 1.29 is 18.0 Å². The highest BCUT2D eigenvalue weighted by atomic mass is 19.4. The van der Waals surface area contributed by atoms with E-state index in [0.29, 0.717) is 17.8 Å². The van der Waals surface area contributed by atoms with Crippen molar-refractivity contribution in [3.63, 3.8) is 0 Å². The van der Waals surface area contributed by atoms with Gasteiger partial charge in [0.15, 0.2) is 0 Å². The van der Waals surface area contributed by atoms with Crippen LogP contribution in [0.4, 0.5) is 24.5 Å². The Balaban J connectivity index is 2.05. The number of hydrogen-bond acceptors (Lipinski definition) is 2. The quantitative estimate of drug-likeness (QED) is 0.879. The number of alkyl halides is 3. The zero-order valence-electron chi connectivity index (χ0n) is 11.5. The monoisotopic (exact) mass is 306 g/mol. The third-order valence-corrected chi connectivity index (χ3v) is 3.66. The van der Waals surface area contributed by atoms with Crippen molar-refractivity contribution in [3.05, 3.63) is 59.7 Å². The highest BCUT2D eigenvalue weighted by molar-refractivity contribution is 6.06. The molecular weight excluding hydrogens is 293 g/mol. The molecule has 3 rings (SSSR count). The lowest BCUT2D eigenvalue weighted by Gasteiger charge is -2.32. The van der Waals surface area contributed by atoms with Gasteiger partial charge in [0.1, 0.15) is 0 Å². The molecule has 1 amide bonds. The van der Waals surface area contributed by atoms with Crippen molar-refractivity contribution in [1.29, 1.82) is 0 Å². The molecule has 0 saturated carbocycles. The molecule has 0 spiro atoms. The molecule has 3 nitrogen and oxygen atoms in total. The molecule has 1 aliphatic heterocycles. The molecule has 0 aromatic heterocycles. The van der Waals surface area contributed by atoms with Crippen LogP contribution in [0.1, 0.15) is 11.1 Å². The zero-order chi connectivity index (χ0) is 15.9. The van der Waals surface area contributed by atoms with E-state index in [1.54, 1.807) is 12.1 Å². The molecule has 1 unspecified atom stereocenters. The van der Waals surface area contributed by atoms with Gasteiger partial charge in [-0.1, -0.05) is 18.2 Å². The lowest BCUT2D eigenvalue weighted by Crippen LogP contribution is -2.46. The smallest absolute Gasteiger partial charge is 0.320 e. The van der Waals surface area contributed by atoms with E-state index in [1.165, 1.54) is 17.0 Å². The molecule has 6 heteroatoms. The van der Waals surface area contributed by atoms with Crippen molar-refractivity contribution in [3.8, 4) is 0 Å². The predicted molar refractivity (Wildman–Crippen MR) is 76.7 cm³/mol. The molecule has 1 heterocycles. The Morgan fingerprint density at radius 3 is 2.32 bits per heavy atom. The summed E-state index contributed by atoms with van der Waals surface area (Å²) < 4.78 is 37.9. The van der Waals surface area contributed by atoms with Gasteiger partial charge in [0, 0.05) is 5.69 Å². The van der Waals surface area contributed by atoms with Crippen LogP contribution in [-0.2, 0) is 17.4 Å². The standard InChI is InChI=1S/C16H13F3N2O/c17-16(18,19)11-5-7-12(8-6-11)21-14-4-2-1-3-10(14)9-13(20)15(21)22/h1-8,13H,9,20H2. The Labute approximate surface area is 125 Å². The van der Waals surface area contributed by atoms with Gasteiger partial charge in [-0.05, 0) is 42.3 Å². The summed E-state index contributed by atoms with van der Waals surface area (Å²) in [7, 11) is 0. The number of anilines is 2. The normalized spacial score (nSPS) is 18.3. The lowest BCUT2D eigenvalue weighted by atomic mass is 9.97. The maximum absolute atomic E-state index is 12.6. The van der Waals surface area contributed by atoms with E-state index >= 15 is 0 Å². The van der Waals surface area contributed by atoms with Crippen LogP contribution in [0.2, 0.25) is 0 Å². The average Bonchev–Trinajstić information content (AvgIpc) is 2.48. The molecule has 2 aromatic rings. The molecule has 0 radical (unpaired) electrons. The highest BCUT2D eigenvalue weighted by Gasteiger charge is 2.33. The minimum atomic E-state index is -4.40. The number of benzene rings is 2. The van der Waals surface area contributed by atoms with Gasteiger partial charge >= 0.3 is 6.18 Å². The summed E-state index contributed by atoms with van der Waals surface area (Å²) in [6.45, 7) is 0. The van der Waals surface area contributed by atoms with Crippen molar-refractivity contribution >= 4 is 17.3 Å². The number of nitrogens with zero attached hydrogens (tertiary/aromatic N) is 1. The summed E-state index contributed by atoms with van der Waals surface area (Å²) in [5, 5.41) is 0. The van der Waals surface area contributed by atoms with E-state index in [4.69, 9.17) is 5.73 Å². The number of carbonyl (C=O) groups is 1. The number of nitrogens with two attached hydrogens (primary N) is 1. The fourth-order valence-electron chi connectivity index (χ4n) is 2.58. The molecule has 1 aliphatic rings. The number of amides is 1. The second-order valence-corrected chi connectivity index (χ2v) is 5.16. The number of carbonyl (C=O) groups excluding carboxylic acids is 1. The number of hydrogen-bond donors (Lipinski definition) is 1. The summed E-state index contributed by atoms with van der Waals surface area (Å²) in [5.41, 5.74) is 7.03. The van der Waals surface area contributed by atoms with Gasteiger partial charge in [0.25, 0.3) is 0 Å². The van der Waals surface area contributed by atoms with Crippen LogP contribution in [0.5, 0.6) is 0 Å². The third kappa shape index (κ3) is 2.46. The molecule has 1 atom stereocenters. The molecule has 2 aromatic carbocycles. The SMILES string of the molecule is NC1Cc2ccccc2N(c2ccc(C(F)(F)F)cc2)C1=O. The van der Waals surface area contributed by atoms with Crippen LogP contribution in [0.25, 0.3) is 0 Å². The van der Waals surface area contributed by atoms with Gasteiger partial charge in [-0.2, -0.15) is 13.2 Å².